The van der Waals surface area contributed by atoms with Gasteiger partial charge in [-0.25, -0.2) is 8.78 Å². The van der Waals surface area contributed by atoms with Crippen LogP contribution in [0.5, 0.6) is 5.75 Å². The van der Waals surface area contributed by atoms with Crippen molar-refractivity contribution in [2.75, 3.05) is 20.3 Å². The predicted octanol–water partition coefficient (Wildman–Crippen LogP) is 2.80. The number of pyridine rings is 1. The van der Waals surface area contributed by atoms with Gasteiger partial charge >= 0.3 is 0 Å². The number of ether oxygens (including phenoxy) is 2. The zero-order chi connectivity index (χ0) is 15.0. The molecule has 4 nitrogen and oxygen atoms in total. The summed E-state index contributed by atoms with van der Waals surface area (Å²) in [4.78, 5) is 4.14. The molecule has 0 spiro atoms. The quantitative estimate of drug-likeness (QED) is 0.710. The third kappa shape index (κ3) is 6.25. The van der Waals surface area contributed by atoms with Crippen molar-refractivity contribution in [2.45, 2.75) is 38.8 Å². The smallest absolute Gasteiger partial charge is 0.261 e. The van der Waals surface area contributed by atoms with Crippen molar-refractivity contribution in [1.29, 1.82) is 0 Å². The van der Waals surface area contributed by atoms with Gasteiger partial charge in [0.05, 0.1) is 12.3 Å². The second kappa shape index (κ2) is 8.81. The molecule has 1 rings (SSSR count). The summed E-state index contributed by atoms with van der Waals surface area (Å²) in [7, 11) is 1.81. The lowest BCUT2D eigenvalue weighted by atomic mass is 10.1. The molecule has 1 N–H and O–H groups in total. The Hall–Kier alpha value is -1.27. The number of rotatable bonds is 9. The molecule has 0 aliphatic carbocycles. The van der Waals surface area contributed by atoms with E-state index in [-0.39, 0.29) is 18.8 Å². The summed E-state index contributed by atoms with van der Waals surface area (Å²) in [5.41, 5.74) is 0.950. The van der Waals surface area contributed by atoms with Gasteiger partial charge in [0, 0.05) is 18.8 Å². The zero-order valence-corrected chi connectivity index (χ0v) is 12.1. The molecule has 114 valence electrons. The first-order valence-electron chi connectivity index (χ1n) is 6.67. The van der Waals surface area contributed by atoms with Gasteiger partial charge < -0.3 is 14.8 Å². The summed E-state index contributed by atoms with van der Waals surface area (Å²) in [6.45, 7) is 3.64. The molecule has 0 radical (unpaired) electrons. The van der Waals surface area contributed by atoms with Crippen molar-refractivity contribution < 1.29 is 18.3 Å². The van der Waals surface area contributed by atoms with Crippen molar-refractivity contribution >= 4 is 0 Å². The van der Waals surface area contributed by atoms with Gasteiger partial charge in [-0.3, -0.25) is 4.98 Å². The van der Waals surface area contributed by atoms with E-state index in [0.717, 1.165) is 5.56 Å². The number of aromatic nitrogens is 1. The summed E-state index contributed by atoms with van der Waals surface area (Å²) in [6, 6.07) is 1.90. The number of hydrogen-bond acceptors (Lipinski definition) is 4. The first-order valence-corrected chi connectivity index (χ1v) is 6.67. The number of nitrogens with one attached hydrogen (secondary N) is 1. The summed E-state index contributed by atoms with van der Waals surface area (Å²) < 4.78 is 34.4. The van der Waals surface area contributed by atoms with Crippen LogP contribution in [0.25, 0.3) is 0 Å². The van der Waals surface area contributed by atoms with Gasteiger partial charge in [-0.1, -0.05) is 0 Å². The first-order chi connectivity index (χ1) is 9.52. The van der Waals surface area contributed by atoms with Crippen LogP contribution >= 0.6 is 0 Å². The molecule has 0 aromatic carbocycles. The second-order valence-corrected chi connectivity index (χ2v) is 4.72. The normalized spacial score (nSPS) is 12.9. The molecule has 1 atom stereocenters. The number of nitrogens with zero attached hydrogens (tertiary/aromatic N) is 1. The fourth-order valence-corrected chi connectivity index (χ4v) is 1.81. The Balaban J connectivity index is 2.55. The van der Waals surface area contributed by atoms with Crippen LogP contribution in [0.3, 0.4) is 0 Å². The Morgan fingerprint density at radius 1 is 1.30 bits per heavy atom. The molecule has 1 aromatic heterocycles. The van der Waals surface area contributed by atoms with Crippen molar-refractivity contribution in [3.05, 3.63) is 24.0 Å². The third-order valence-corrected chi connectivity index (χ3v) is 2.65. The van der Waals surface area contributed by atoms with Gasteiger partial charge in [-0.2, -0.15) is 0 Å². The van der Waals surface area contributed by atoms with Crippen LogP contribution in [-0.4, -0.2) is 37.8 Å². The molecule has 1 heterocycles. The maximum atomic E-state index is 12.0. The monoisotopic (exact) mass is 288 g/mol. The van der Waals surface area contributed by atoms with Crippen LogP contribution < -0.4 is 10.1 Å². The molecule has 0 bridgehead atoms. The Morgan fingerprint density at radius 3 is 2.65 bits per heavy atom. The highest BCUT2D eigenvalue weighted by molar-refractivity contribution is 5.26. The van der Waals surface area contributed by atoms with E-state index in [1.54, 1.807) is 12.4 Å². The minimum Gasteiger partial charge on any atom is -0.489 e. The lowest BCUT2D eigenvalue weighted by Gasteiger charge is -2.18. The van der Waals surface area contributed by atoms with Gasteiger partial charge in [0.2, 0.25) is 0 Å². The highest BCUT2D eigenvalue weighted by Crippen LogP contribution is 2.21. The molecule has 0 aliphatic heterocycles. The minimum absolute atomic E-state index is 0.00381. The summed E-state index contributed by atoms with van der Waals surface area (Å²) in [5, 5.41) is 3.12. The van der Waals surface area contributed by atoms with E-state index in [0.29, 0.717) is 12.2 Å². The highest BCUT2D eigenvalue weighted by atomic mass is 19.3. The average Bonchev–Trinajstić information content (AvgIpc) is 2.38. The van der Waals surface area contributed by atoms with E-state index in [4.69, 9.17) is 9.47 Å². The van der Waals surface area contributed by atoms with E-state index < -0.39 is 13.0 Å². The fourth-order valence-electron chi connectivity index (χ4n) is 1.81. The van der Waals surface area contributed by atoms with Gasteiger partial charge in [0.15, 0.2) is 0 Å². The van der Waals surface area contributed by atoms with E-state index in [9.17, 15) is 8.78 Å². The van der Waals surface area contributed by atoms with Gasteiger partial charge in [-0.15, -0.1) is 0 Å². The molecule has 0 saturated carbocycles. The Kier molecular flexibility index (Phi) is 7.40. The van der Waals surface area contributed by atoms with Gasteiger partial charge in [0.1, 0.15) is 12.4 Å². The number of halogens is 2. The molecule has 0 aliphatic rings. The van der Waals surface area contributed by atoms with Crippen LogP contribution in [0.2, 0.25) is 0 Å². The molecule has 0 amide bonds. The summed E-state index contributed by atoms with van der Waals surface area (Å²) >= 11 is 0. The maximum Gasteiger partial charge on any atom is 0.261 e. The predicted molar refractivity (Wildman–Crippen MR) is 73.2 cm³/mol. The Morgan fingerprint density at radius 2 is 2.05 bits per heavy atom. The maximum absolute atomic E-state index is 12.0. The van der Waals surface area contributed by atoms with Crippen molar-refractivity contribution in [1.82, 2.24) is 10.3 Å². The van der Waals surface area contributed by atoms with Crippen molar-refractivity contribution in [3.8, 4) is 5.75 Å². The van der Waals surface area contributed by atoms with E-state index in [1.165, 1.54) is 0 Å². The zero-order valence-electron chi connectivity index (χ0n) is 12.1. The first kappa shape index (κ1) is 16.8. The molecule has 0 fully saturated rings. The van der Waals surface area contributed by atoms with Crippen LogP contribution in [0.15, 0.2) is 18.5 Å². The number of alkyl halides is 2. The van der Waals surface area contributed by atoms with Crippen molar-refractivity contribution in [3.63, 3.8) is 0 Å². The standard InChI is InChI=1S/C14H22F2N2O2/c1-10(2)20-12-6-11(7-18-8-12)13(17-3)4-5-19-9-14(15)16/h6-8,10,13-14,17H,4-5,9H2,1-3H3. The molecular formula is C14H22F2N2O2. The molecular weight excluding hydrogens is 266 g/mol. The van der Waals surface area contributed by atoms with Gasteiger partial charge in [-0.05, 0) is 38.9 Å². The summed E-state index contributed by atoms with van der Waals surface area (Å²) in [6.07, 6.45) is 1.64. The lowest BCUT2D eigenvalue weighted by molar-refractivity contribution is 0.0145. The van der Waals surface area contributed by atoms with Crippen molar-refractivity contribution in [2.24, 2.45) is 0 Å². The molecule has 1 aromatic rings. The number of hydrogen-bond donors (Lipinski definition) is 1. The van der Waals surface area contributed by atoms with Crippen LogP contribution in [0, 0.1) is 0 Å². The average molecular weight is 288 g/mol. The Bertz CT molecular complexity index is 389. The molecule has 1 unspecified atom stereocenters. The summed E-state index contributed by atoms with van der Waals surface area (Å²) in [5.74, 6) is 0.700. The Labute approximate surface area is 118 Å². The van der Waals surface area contributed by atoms with Crippen LogP contribution in [0.4, 0.5) is 8.78 Å². The second-order valence-electron chi connectivity index (χ2n) is 4.72. The highest BCUT2D eigenvalue weighted by Gasteiger charge is 2.12. The van der Waals surface area contributed by atoms with E-state index >= 15 is 0 Å². The van der Waals surface area contributed by atoms with Gasteiger partial charge in [0.25, 0.3) is 6.43 Å². The fraction of sp³-hybridized carbons (Fsp3) is 0.643. The SMILES string of the molecule is CNC(CCOCC(F)F)c1cncc(OC(C)C)c1. The minimum atomic E-state index is -2.42. The van der Waals surface area contributed by atoms with E-state index in [1.807, 2.05) is 27.0 Å². The topological polar surface area (TPSA) is 43.4 Å². The van der Waals surface area contributed by atoms with Crippen LogP contribution in [0.1, 0.15) is 31.9 Å². The molecule has 0 saturated heterocycles. The molecule has 20 heavy (non-hydrogen) atoms. The largest absolute Gasteiger partial charge is 0.489 e. The van der Waals surface area contributed by atoms with E-state index in [2.05, 4.69) is 10.3 Å². The molecule has 6 heteroatoms. The third-order valence-electron chi connectivity index (χ3n) is 2.65. The van der Waals surface area contributed by atoms with Crippen LogP contribution in [-0.2, 0) is 4.74 Å². The lowest BCUT2D eigenvalue weighted by Crippen LogP contribution is -2.19.